The van der Waals surface area contributed by atoms with E-state index in [1.54, 1.807) is 29.5 Å². The van der Waals surface area contributed by atoms with E-state index >= 15 is 0 Å². The number of hydrogen-bond acceptors (Lipinski definition) is 6. The van der Waals surface area contributed by atoms with Crippen LogP contribution in [0, 0.1) is 0 Å². The highest BCUT2D eigenvalue weighted by Crippen LogP contribution is 2.44. The predicted octanol–water partition coefficient (Wildman–Crippen LogP) is 4.93. The molecular formula is C22H22N4O3S. The summed E-state index contributed by atoms with van der Waals surface area (Å²) in [7, 11) is 1.53. The van der Waals surface area contributed by atoms with E-state index in [1.165, 1.54) is 7.11 Å². The maximum absolute atomic E-state index is 13.0. The Morgan fingerprint density at radius 2 is 1.90 bits per heavy atom. The molecule has 0 aliphatic carbocycles. The van der Waals surface area contributed by atoms with Crippen molar-refractivity contribution in [3.8, 4) is 22.2 Å². The van der Waals surface area contributed by atoms with Gasteiger partial charge in [0.05, 0.1) is 28.5 Å². The lowest BCUT2D eigenvalue weighted by molar-refractivity contribution is 0.102. The van der Waals surface area contributed by atoms with Crippen LogP contribution in [-0.2, 0) is 0 Å². The molecule has 8 heteroatoms. The van der Waals surface area contributed by atoms with E-state index in [4.69, 9.17) is 20.5 Å². The third-order valence-corrected chi connectivity index (χ3v) is 5.85. The van der Waals surface area contributed by atoms with Gasteiger partial charge in [0.1, 0.15) is 16.6 Å². The molecule has 0 spiro atoms. The summed E-state index contributed by atoms with van der Waals surface area (Å²) in [6.07, 6.45) is 0. The topological polar surface area (TPSA) is 102 Å². The van der Waals surface area contributed by atoms with E-state index in [0.717, 1.165) is 26.4 Å². The SMILES string of the molecule is COc1ccccc1C(=O)Nc1[nH]c(ON)c(C(C)C)c1-c1nc2ccccc2s1. The van der Waals surface area contributed by atoms with Crippen molar-refractivity contribution < 1.29 is 14.4 Å². The number of anilines is 1. The number of nitrogens with two attached hydrogens (primary N) is 1. The molecule has 4 aromatic rings. The lowest BCUT2D eigenvalue weighted by Gasteiger charge is -2.10. The van der Waals surface area contributed by atoms with Crippen molar-refractivity contribution in [1.29, 1.82) is 0 Å². The van der Waals surface area contributed by atoms with Gasteiger partial charge in [0.2, 0.25) is 5.88 Å². The number of fused-ring (bicyclic) bond motifs is 1. The van der Waals surface area contributed by atoms with Crippen LogP contribution in [0.3, 0.4) is 0 Å². The molecule has 30 heavy (non-hydrogen) atoms. The van der Waals surface area contributed by atoms with Crippen molar-refractivity contribution in [3.05, 3.63) is 59.7 Å². The summed E-state index contributed by atoms with van der Waals surface area (Å²) in [4.78, 5) is 26.0. The van der Waals surface area contributed by atoms with Gasteiger partial charge in [0, 0.05) is 5.56 Å². The molecule has 0 saturated carbocycles. The van der Waals surface area contributed by atoms with Crippen molar-refractivity contribution in [1.82, 2.24) is 9.97 Å². The second-order valence-electron chi connectivity index (χ2n) is 7.03. The first kappa shape index (κ1) is 19.9. The molecule has 0 bridgehead atoms. The standard InChI is InChI=1S/C22H22N4O3S/c1-12(2)17-18(22-24-14-9-5-7-11-16(14)30-22)19(26-21(17)29-23)25-20(27)13-8-4-6-10-15(13)28-3/h4-12,26H,23H2,1-3H3,(H,25,27). The smallest absolute Gasteiger partial charge is 0.260 e. The first-order valence-electron chi connectivity index (χ1n) is 9.46. The van der Waals surface area contributed by atoms with Gasteiger partial charge in [0.15, 0.2) is 0 Å². The fraction of sp³-hybridized carbons (Fsp3) is 0.182. The van der Waals surface area contributed by atoms with Crippen LogP contribution in [0.1, 0.15) is 35.7 Å². The van der Waals surface area contributed by atoms with E-state index in [0.29, 0.717) is 23.0 Å². The molecule has 0 fully saturated rings. The summed E-state index contributed by atoms with van der Waals surface area (Å²) in [6, 6.07) is 15.0. The minimum Gasteiger partial charge on any atom is -0.496 e. The number of para-hydroxylation sites is 2. The summed E-state index contributed by atoms with van der Waals surface area (Å²) < 4.78 is 6.38. The third-order valence-electron chi connectivity index (χ3n) is 4.80. The number of rotatable bonds is 6. The van der Waals surface area contributed by atoms with Crippen LogP contribution in [0.4, 0.5) is 5.82 Å². The Hall–Kier alpha value is -3.36. The van der Waals surface area contributed by atoms with Crippen LogP contribution >= 0.6 is 11.3 Å². The predicted molar refractivity (Wildman–Crippen MR) is 119 cm³/mol. The number of hydrogen-bond donors (Lipinski definition) is 3. The molecule has 0 unspecified atom stereocenters. The second-order valence-corrected chi connectivity index (χ2v) is 8.06. The highest BCUT2D eigenvalue weighted by atomic mass is 32.1. The van der Waals surface area contributed by atoms with E-state index in [9.17, 15) is 4.79 Å². The number of carbonyl (C=O) groups excluding carboxylic acids is 1. The maximum Gasteiger partial charge on any atom is 0.260 e. The number of H-pyrrole nitrogens is 1. The zero-order valence-corrected chi connectivity index (χ0v) is 17.7. The van der Waals surface area contributed by atoms with Crippen molar-refractivity contribution in [2.24, 2.45) is 5.90 Å². The Morgan fingerprint density at radius 1 is 1.17 bits per heavy atom. The summed E-state index contributed by atoms with van der Waals surface area (Å²) in [5.41, 5.74) is 2.94. The maximum atomic E-state index is 13.0. The number of aromatic amines is 1. The summed E-state index contributed by atoms with van der Waals surface area (Å²) >= 11 is 1.55. The molecule has 2 aromatic carbocycles. The molecule has 1 amide bonds. The summed E-state index contributed by atoms with van der Waals surface area (Å²) in [6.45, 7) is 4.07. The number of carbonyl (C=O) groups is 1. The number of benzene rings is 2. The zero-order valence-electron chi connectivity index (χ0n) is 16.9. The average Bonchev–Trinajstić information content (AvgIpc) is 3.34. The number of methoxy groups -OCH3 is 1. The Bertz CT molecular complexity index is 1180. The van der Waals surface area contributed by atoms with Crippen molar-refractivity contribution in [3.63, 3.8) is 0 Å². The third kappa shape index (κ3) is 3.51. The van der Waals surface area contributed by atoms with Gasteiger partial charge in [-0.15, -0.1) is 11.3 Å². The largest absolute Gasteiger partial charge is 0.496 e. The molecule has 0 atom stereocenters. The van der Waals surface area contributed by atoms with Crippen LogP contribution in [-0.4, -0.2) is 23.0 Å². The van der Waals surface area contributed by atoms with Gasteiger partial charge in [-0.3, -0.25) is 4.79 Å². The van der Waals surface area contributed by atoms with Gasteiger partial charge < -0.3 is 19.9 Å². The Labute approximate surface area is 177 Å². The van der Waals surface area contributed by atoms with Gasteiger partial charge >= 0.3 is 0 Å². The Balaban J connectivity index is 1.84. The average molecular weight is 423 g/mol. The first-order valence-corrected chi connectivity index (χ1v) is 10.3. The molecule has 2 heterocycles. The van der Waals surface area contributed by atoms with Crippen molar-refractivity contribution >= 4 is 33.3 Å². The highest BCUT2D eigenvalue weighted by molar-refractivity contribution is 7.21. The number of nitrogens with one attached hydrogen (secondary N) is 2. The normalized spacial score (nSPS) is 11.1. The molecule has 0 aliphatic rings. The number of aromatic nitrogens is 2. The minimum absolute atomic E-state index is 0.0822. The van der Waals surface area contributed by atoms with E-state index in [-0.39, 0.29) is 11.8 Å². The molecule has 4 rings (SSSR count). The molecule has 0 aliphatic heterocycles. The van der Waals surface area contributed by atoms with Crippen LogP contribution < -0.4 is 20.8 Å². The summed E-state index contributed by atoms with van der Waals surface area (Å²) in [5.74, 6) is 6.67. The van der Waals surface area contributed by atoms with Gasteiger partial charge in [0.25, 0.3) is 5.91 Å². The van der Waals surface area contributed by atoms with Gasteiger partial charge in [-0.25, -0.2) is 4.98 Å². The molecule has 7 nitrogen and oxygen atoms in total. The lowest BCUT2D eigenvalue weighted by atomic mass is 10.0. The molecule has 0 radical (unpaired) electrons. The number of nitrogens with zero attached hydrogens (tertiary/aromatic N) is 1. The van der Waals surface area contributed by atoms with E-state index < -0.39 is 0 Å². The Kier molecular flexibility index (Phi) is 5.43. The van der Waals surface area contributed by atoms with Crippen LogP contribution in [0.5, 0.6) is 11.6 Å². The molecule has 4 N–H and O–H groups in total. The molecule has 0 saturated heterocycles. The first-order chi connectivity index (χ1) is 14.5. The van der Waals surface area contributed by atoms with E-state index in [1.807, 2.05) is 44.2 Å². The summed E-state index contributed by atoms with van der Waals surface area (Å²) in [5, 5.41) is 3.72. The number of ether oxygens (including phenoxy) is 1. The van der Waals surface area contributed by atoms with Crippen LogP contribution in [0.2, 0.25) is 0 Å². The minimum atomic E-state index is -0.310. The van der Waals surface area contributed by atoms with Gasteiger partial charge in [-0.05, 0) is 30.2 Å². The molecular weight excluding hydrogens is 400 g/mol. The van der Waals surface area contributed by atoms with Crippen molar-refractivity contribution in [2.75, 3.05) is 12.4 Å². The molecule has 2 aromatic heterocycles. The van der Waals surface area contributed by atoms with Crippen LogP contribution in [0.15, 0.2) is 48.5 Å². The quantitative estimate of drug-likeness (QED) is 0.383. The van der Waals surface area contributed by atoms with Crippen LogP contribution in [0.25, 0.3) is 20.8 Å². The lowest BCUT2D eigenvalue weighted by Crippen LogP contribution is -2.14. The fourth-order valence-corrected chi connectivity index (χ4v) is 4.47. The second kappa shape index (κ2) is 8.17. The van der Waals surface area contributed by atoms with Gasteiger partial charge in [-0.1, -0.05) is 38.1 Å². The number of thiazole rings is 1. The number of amides is 1. The monoisotopic (exact) mass is 422 g/mol. The fourth-order valence-electron chi connectivity index (χ4n) is 3.44. The molecule has 154 valence electrons. The van der Waals surface area contributed by atoms with E-state index in [2.05, 4.69) is 10.3 Å². The highest BCUT2D eigenvalue weighted by Gasteiger charge is 2.26. The van der Waals surface area contributed by atoms with Gasteiger partial charge in [-0.2, -0.15) is 5.90 Å². The zero-order chi connectivity index (χ0) is 21.3. The Morgan fingerprint density at radius 3 is 2.60 bits per heavy atom. The van der Waals surface area contributed by atoms with Crippen molar-refractivity contribution in [2.45, 2.75) is 19.8 Å².